The van der Waals surface area contributed by atoms with E-state index in [2.05, 4.69) is 53.0 Å². The highest BCUT2D eigenvalue weighted by atomic mass is 16.4. The minimum Gasteiger partial charge on any atom is -0.444 e. The van der Waals surface area contributed by atoms with Crippen LogP contribution in [0.1, 0.15) is 54.6 Å². The fourth-order valence-electron chi connectivity index (χ4n) is 4.12. The maximum Gasteiger partial charge on any atom is 0.211 e. The molecule has 1 saturated heterocycles. The van der Waals surface area contributed by atoms with Gasteiger partial charge in [-0.1, -0.05) is 18.2 Å². The number of likely N-dealkylation sites (tertiary alicyclic amines) is 1. The molecule has 1 aliphatic rings. The first-order valence-corrected chi connectivity index (χ1v) is 8.87. The van der Waals surface area contributed by atoms with Crippen molar-refractivity contribution < 1.29 is 4.42 Å². The maximum absolute atomic E-state index is 5.72. The zero-order valence-corrected chi connectivity index (χ0v) is 14.7. The van der Waals surface area contributed by atoms with Gasteiger partial charge in [0.05, 0.1) is 12.2 Å². The van der Waals surface area contributed by atoms with Crippen LogP contribution < -0.4 is 0 Å². The largest absolute Gasteiger partial charge is 0.444 e. The van der Waals surface area contributed by atoms with E-state index < -0.39 is 0 Å². The zero-order chi connectivity index (χ0) is 16.7. The van der Waals surface area contributed by atoms with Gasteiger partial charge in [-0.05, 0) is 64.3 Å². The minimum absolute atomic E-state index is 0.253. The summed E-state index contributed by atoms with van der Waals surface area (Å²) in [4.78, 5) is 10.4. The lowest BCUT2D eigenvalue weighted by molar-refractivity contribution is 0.142. The first-order valence-electron chi connectivity index (χ1n) is 8.87. The Hall–Kier alpha value is -2.07. The molecule has 0 radical (unpaired) electrons. The predicted molar refractivity (Wildman–Crippen MR) is 96.2 cm³/mol. The van der Waals surface area contributed by atoms with E-state index in [0.29, 0.717) is 5.92 Å². The van der Waals surface area contributed by atoms with Crippen LogP contribution in [-0.2, 0) is 0 Å². The lowest BCUT2D eigenvalue weighted by atomic mass is 9.87. The minimum atomic E-state index is 0.253. The topological polar surface area (TPSA) is 45.1 Å². The summed E-state index contributed by atoms with van der Waals surface area (Å²) in [6.07, 6.45) is 4.19. The summed E-state index contributed by atoms with van der Waals surface area (Å²) in [5, 5.41) is 1.39. The standard InChI is InChI=1S/C20H25N3O/c1-13-12-21-20(24-13)15(3)23-10-8-16(9-11-23)19-14(2)22-18-7-5-4-6-17(18)19/h4-7,12,15-16,22H,8-11H2,1-3H3. The number of piperidine rings is 1. The molecule has 126 valence electrons. The Balaban J connectivity index is 1.50. The third-order valence-electron chi connectivity index (χ3n) is 5.43. The van der Waals surface area contributed by atoms with Crippen LogP contribution in [0.5, 0.6) is 0 Å². The van der Waals surface area contributed by atoms with Gasteiger partial charge in [0.15, 0.2) is 0 Å². The number of aromatic amines is 1. The summed E-state index contributed by atoms with van der Waals surface area (Å²) >= 11 is 0. The molecule has 1 fully saturated rings. The zero-order valence-electron chi connectivity index (χ0n) is 14.7. The number of nitrogens with one attached hydrogen (secondary N) is 1. The SMILES string of the molecule is Cc1cnc(C(C)N2CCC(c3c(C)[nH]c4ccccc34)CC2)o1. The van der Waals surface area contributed by atoms with Gasteiger partial charge in [0.2, 0.25) is 5.89 Å². The van der Waals surface area contributed by atoms with Crippen molar-refractivity contribution in [1.82, 2.24) is 14.9 Å². The molecule has 4 nitrogen and oxygen atoms in total. The van der Waals surface area contributed by atoms with E-state index in [9.17, 15) is 0 Å². The molecular weight excluding hydrogens is 298 g/mol. The summed E-state index contributed by atoms with van der Waals surface area (Å²) in [6.45, 7) is 8.54. The molecule has 2 aromatic heterocycles. The average Bonchev–Trinajstić information content (AvgIpc) is 3.17. The van der Waals surface area contributed by atoms with Crippen LogP contribution >= 0.6 is 0 Å². The van der Waals surface area contributed by atoms with Crippen molar-refractivity contribution in [2.45, 2.75) is 45.6 Å². The number of H-pyrrole nitrogens is 1. The number of fused-ring (bicyclic) bond motifs is 1. The fraction of sp³-hybridized carbons (Fsp3) is 0.450. The lowest BCUT2D eigenvalue weighted by Crippen LogP contribution is -2.35. The van der Waals surface area contributed by atoms with Gasteiger partial charge in [0.1, 0.15) is 5.76 Å². The van der Waals surface area contributed by atoms with E-state index in [1.807, 2.05) is 13.1 Å². The summed E-state index contributed by atoms with van der Waals surface area (Å²) in [5.41, 5.74) is 4.10. The molecular formula is C20H25N3O. The molecule has 0 saturated carbocycles. The first-order chi connectivity index (χ1) is 11.6. The highest BCUT2D eigenvalue weighted by Gasteiger charge is 2.28. The monoisotopic (exact) mass is 323 g/mol. The summed E-state index contributed by atoms with van der Waals surface area (Å²) < 4.78 is 5.72. The maximum atomic E-state index is 5.72. The van der Waals surface area contributed by atoms with E-state index in [1.165, 1.54) is 35.0 Å². The van der Waals surface area contributed by atoms with Crippen molar-refractivity contribution in [3.63, 3.8) is 0 Å². The normalized spacial score (nSPS) is 18.3. The highest BCUT2D eigenvalue weighted by molar-refractivity contribution is 5.85. The Bertz CT molecular complexity index is 840. The van der Waals surface area contributed by atoms with Gasteiger partial charge in [0, 0.05) is 16.6 Å². The Morgan fingerprint density at radius 2 is 1.96 bits per heavy atom. The molecule has 4 rings (SSSR count). The van der Waals surface area contributed by atoms with Crippen LogP contribution in [0.4, 0.5) is 0 Å². The summed E-state index contributed by atoms with van der Waals surface area (Å²) in [7, 11) is 0. The summed E-state index contributed by atoms with van der Waals surface area (Å²) in [5.74, 6) is 2.37. The van der Waals surface area contributed by atoms with Crippen LogP contribution in [0.3, 0.4) is 0 Å². The van der Waals surface area contributed by atoms with Gasteiger partial charge in [-0.15, -0.1) is 0 Å². The number of benzene rings is 1. The van der Waals surface area contributed by atoms with Crippen LogP contribution in [0.25, 0.3) is 10.9 Å². The van der Waals surface area contributed by atoms with Crippen molar-refractivity contribution >= 4 is 10.9 Å². The third kappa shape index (κ3) is 2.65. The third-order valence-corrected chi connectivity index (χ3v) is 5.43. The predicted octanol–water partition coefficient (Wildman–Crippen LogP) is 4.71. The molecule has 0 bridgehead atoms. The van der Waals surface area contributed by atoms with Crippen molar-refractivity contribution in [3.8, 4) is 0 Å². The number of aromatic nitrogens is 2. The molecule has 3 heterocycles. The molecule has 24 heavy (non-hydrogen) atoms. The number of rotatable bonds is 3. The van der Waals surface area contributed by atoms with Crippen LogP contribution in [0, 0.1) is 13.8 Å². The van der Waals surface area contributed by atoms with E-state index in [-0.39, 0.29) is 6.04 Å². The van der Waals surface area contributed by atoms with Gasteiger partial charge < -0.3 is 9.40 Å². The summed E-state index contributed by atoms with van der Waals surface area (Å²) in [6, 6.07) is 8.92. The van der Waals surface area contributed by atoms with E-state index >= 15 is 0 Å². The van der Waals surface area contributed by atoms with E-state index in [1.54, 1.807) is 0 Å². The second-order valence-electron chi connectivity index (χ2n) is 7.00. The second kappa shape index (κ2) is 6.10. The number of para-hydroxylation sites is 1. The molecule has 1 aliphatic heterocycles. The molecule has 0 aliphatic carbocycles. The molecule has 1 N–H and O–H groups in total. The second-order valence-corrected chi connectivity index (χ2v) is 7.00. The fourth-order valence-corrected chi connectivity index (χ4v) is 4.12. The average molecular weight is 323 g/mol. The number of oxazole rings is 1. The Kier molecular flexibility index (Phi) is 3.93. The van der Waals surface area contributed by atoms with Gasteiger partial charge in [-0.3, -0.25) is 4.90 Å². The Morgan fingerprint density at radius 1 is 1.21 bits per heavy atom. The molecule has 1 atom stereocenters. The molecule has 4 heteroatoms. The molecule has 0 amide bonds. The highest BCUT2D eigenvalue weighted by Crippen LogP contribution is 2.37. The molecule has 1 aromatic carbocycles. The molecule has 3 aromatic rings. The number of hydrogen-bond acceptors (Lipinski definition) is 3. The van der Waals surface area contributed by atoms with Gasteiger partial charge in [-0.2, -0.15) is 0 Å². The van der Waals surface area contributed by atoms with Gasteiger partial charge >= 0.3 is 0 Å². The van der Waals surface area contributed by atoms with E-state index in [4.69, 9.17) is 4.42 Å². The number of aryl methyl sites for hydroxylation is 2. The van der Waals surface area contributed by atoms with Crippen molar-refractivity contribution in [2.75, 3.05) is 13.1 Å². The number of nitrogens with zero attached hydrogens (tertiary/aromatic N) is 2. The molecule has 1 unspecified atom stereocenters. The van der Waals surface area contributed by atoms with E-state index in [0.717, 1.165) is 24.7 Å². The Morgan fingerprint density at radius 3 is 2.67 bits per heavy atom. The van der Waals surface area contributed by atoms with Gasteiger partial charge in [-0.25, -0.2) is 4.98 Å². The van der Waals surface area contributed by atoms with Crippen molar-refractivity contribution in [2.24, 2.45) is 0 Å². The van der Waals surface area contributed by atoms with Crippen LogP contribution in [0.2, 0.25) is 0 Å². The smallest absolute Gasteiger partial charge is 0.211 e. The molecule has 0 spiro atoms. The Labute approximate surface area is 142 Å². The lowest BCUT2D eigenvalue weighted by Gasteiger charge is -2.35. The number of hydrogen-bond donors (Lipinski definition) is 1. The van der Waals surface area contributed by atoms with Crippen molar-refractivity contribution in [1.29, 1.82) is 0 Å². The van der Waals surface area contributed by atoms with Gasteiger partial charge in [0.25, 0.3) is 0 Å². The van der Waals surface area contributed by atoms with Crippen molar-refractivity contribution in [3.05, 3.63) is 53.4 Å². The quantitative estimate of drug-likeness (QED) is 0.759. The first kappa shape index (κ1) is 15.5. The van der Waals surface area contributed by atoms with Crippen LogP contribution in [0.15, 0.2) is 34.9 Å². The van der Waals surface area contributed by atoms with Crippen LogP contribution in [-0.4, -0.2) is 28.0 Å².